The highest BCUT2D eigenvalue weighted by atomic mass is 31.2. The maximum atomic E-state index is 13.8. The number of nitrogens with one attached hydrogen (secondary N) is 2. The number of carbonyl (C=O) groups is 2. The highest BCUT2D eigenvalue weighted by Crippen LogP contribution is 2.45. The van der Waals surface area contributed by atoms with Gasteiger partial charge in [-0.05, 0) is 32.8 Å². The number of nitrogens with zero attached hydrogens (tertiary/aromatic N) is 5. The zero-order valence-corrected chi connectivity index (χ0v) is 22.3. The van der Waals surface area contributed by atoms with Crippen LogP contribution in [0.25, 0.3) is 11.2 Å². The van der Waals surface area contributed by atoms with E-state index >= 15 is 0 Å². The molecule has 2 aromatic heterocycles. The van der Waals surface area contributed by atoms with E-state index in [1.165, 1.54) is 6.33 Å². The van der Waals surface area contributed by atoms with Crippen molar-refractivity contribution in [2.45, 2.75) is 58.9 Å². The van der Waals surface area contributed by atoms with Crippen molar-refractivity contribution in [3.63, 3.8) is 0 Å². The highest BCUT2D eigenvalue weighted by Gasteiger charge is 2.34. The minimum absolute atomic E-state index is 0.0536. The van der Waals surface area contributed by atoms with Crippen LogP contribution in [0.15, 0.2) is 43.0 Å². The van der Waals surface area contributed by atoms with E-state index in [1.54, 1.807) is 36.9 Å². The first-order valence-corrected chi connectivity index (χ1v) is 13.5. The van der Waals surface area contributed by atoms with E-state index in [9.17, 15) is 14.2 Å². The quantitative estimate of drug-likeness (QED) is 0.0952. The van der Waals surface area contributed by atoms with Gasteiger partial charge in [0.15, 0.2) is 5.65 Å². The van der Waals surface area contributed by atoms with Crippen molar-refractivity contribution in [1.82, 2.24) is 24.6 Å². The minimum Gasteiger partial charge on any atom is -0.462 e. The number of ketones is 1. The molecule has 2 atom stereocenters. The summed E-state index contributed by atoms with van der Waals surface area (Å²) in [5.74, 6) is -1.18. The molecule has 0 bridgehead atoms. The summed E-state index contributed by atoms with van der Waals surface area (Å²) in [4.78, 5) is 40.3. The van der Waals surface area contributed by atoms with Gasteiger partial charge in [-0.15, -0.1) is 0 Å². The van der Waals surface area contributed by atoms with Gasteiger partial charge in [-0.2, -0.15) is 0 Å². The number of ether oxygens (including phenoxy) is 1. The first-order valence-electron chi connectivity index (χ1n) is 12.0. The van der Waals surface area contributed by atoms with Crippen LogP contribution < -0.4 is 5.09 Å². The molecule has 13 nitrogen and oxygen atoms in total. The number of fused-ring (bicyclic) bond motifs is 1. The van der Waals surface area contributed by atoms with E-state index in [0.717, 1.165) is 17.5 Å². The van der Waals surface area contributed by atoms with Crippen LogP contribution >= 0.6 is 7.75 Å². The van der Waals surface area contributed by atoms with Gasteiger partial charge < -0.3 is 9.30 Å². The van der Waals surface area contributed by atoms with Crippen LogP contribution in [-0.2, 0) is 41.1 Å². The molecule has 0 spiro atoms. The Morgan fingerprint density at radius 3 is 2.66 bits per heavy atom. The van der Waals surface area contributed by atoms with Gasteiger partial charge in [0.25, 0.3) is 0 Å². The molecule has 38 heavy (non-hydrogen) atoms. The lowest BCUT2D eigenvalue weighted by Gasteiger charge is -2.25. The van der Waals surface area contributed by atoms with Crippen molar-refractivity contribution in [2.75, 3.05) is 6.61 Å². The molecule has 0 amide bonds. The van der Waals surface area contributed by atoms with Gasteiger partial charge in [0.2, 0.25) is 5.78 Å². The molecule has 0 radical (unpaired) electrons. The number of rotatable bonds is 15. The Balaban J connectivity index is 1.78. The fourth-order valence-electron chi connectivity index (χ4n) is 3.43. The summed E-state index contributed by atoms with van der Waals surface area (Å²) < 4.78 is 32.3. The number of esters is 1. The third-order valence-electron chi connectivity index (χ3n) is 5.26. The molecule has 3 rings (SSSR count). The van der Waals surface area contributed by atoms with Gasteiger partial charge in [0, 0.05) is 13.0 Å². The maximum Gasteiger partial charge on any atom is 0.406 e. The van der Waals surface area contributed by atoms with Crippen molar-refractivity contribution in [1.29, 1.82) is 5.53 Å². The second-order valence-corrected chi connectivity index (χ2v) is 10.4. The minimum atomic E-state index is -4.10. The summed E-state index contributed by atoms with van der Waals surface area (Å²) in [5.41, 5.74) is 9.53. The number of hydrogen-bond acceptors (Lipinski definition) is 10. The fraction of sp³-hybridized carbons (Fsp3) is 0.417. The number of aryl methyl sites for hydroxylation is 1. The second kappa shape index (κ2) is 13.8. The van der Waals surface area contributed by atoms with Gasteiger partial charge in [-0.1, -0.05) is 30.3 Å². The van der Waals surface area contributed by atoms with E-state index in [2.05, 4.69) is 24.8 Å². The van der Waals surface area contributed by atoms with E-state index < -0.39 is 31.6 Å². The van der Waals surface area contributed by atoms with Crippen LogP contribution in [0.2, 0.25) is 0 Å². The van der Waals surface area contributed by atoms with Gasteiger partial charge in [0.05, 0.1) is 41.7 Å². The number of hydrogen-bond donors (Lipinski definition) is 2. The third-order valence-corrected chi connectivity index (χ3v) is 6.88. The predicted octanol–water partition coefficient (Wildman–Crippen LogP) is 3.05. The van der Waals surface area contributed by atoms with Gasteiger partial charge >= 0.3 is 19.9 Å². The summed E-state index contributed by atoms with van der Waals surface area (Å²) >= 11 is 0. The van der Waals surface area contributed by atoms with Gasteiger partial charge in [-0.25, -0.2) is 24.6 Å². The highest BCUT2D eigenvalue weighted by molar-refractivity contribution is 7.51. The van der Waals surface area contributed by atoms with E-state index in [4.69, 9.17) is 19.3 Å². The number of benzene rings is 1. The number of aromatic nitrogens is 4. The van der Waals surface area contributed by atoms with Crippen LogP contribution in [0.5, 0.6) is 0 Å². The molecule has 1 aromatic carbocycles. The Kier molecular flexibility index (Phi) is 10.5. The third kappa shape index (κ3) is 8.47. The molecule has 3 aromatic rings. The molecule has 0 aliphatic heterocycles. The predicted molar refractivity (Wildman–Crippen MR) is 136 cm³/mol. The molecular weight excluding hydrogens is 513 g/mol. The molecule has 0 aliphatic rings. The zero-order chi connectivity index (χ0) is 27.5. The van der Waals surface area contributed by atoms with Crippen LogP contribution in [0.3, 0.4) is 0 Å². The number of carbonyl (C=O) groups excluding carboxylic acids is 2. The number of imidazole rings is 1. The summed E-state index contributed by atoms with van der Waals surface area (Å²) in [6.45, 7) is 5.30. The molecular formula is C24H31N7O6P+. The Hall–Kier alpha value is -3.60. The average molecular weight is 545 g/mol. The smallest absolute Gasteiger partial charge is 0.406 e. The molecule has 2 heterocycles. The van der Waals surface area contributed by atoms with Crippen molar-refractivity contribution in [3.8, 4) is 0 Å². The fourth-order valence-corrected chi connectivity index (χ4v) is 4.91. The van der Waals surface area contributed by atoms with Crippen molar-refractivity contribution >= 4 is 36.9 Å². The van der Waals surface area contributed by atoms with Crippen LogP contribution in [0, 0.1) is 12.5 Å². The molecule has 1 unspecified atom stereocenters. The largest absolute Gasteiger partial charge is 0.462 e. The van der Waals surface area contributed by atoms with Crippen molar-refractivity contribution < 1.29 is 32.7 Å². The molecule has 0 aliphatic carbocycles. The average Bonchev–Trinajstić information content (AvgIpc) is 3.30. The zero-order valence-electron chi connectivity index (χ0n) is 21.4. The summed E-state index contributed by atoms with van der Waals surface area (Å²) in [7, 11) is -4.10. The Bertz CT molecular complexity index is 1340. The first-order chi connectivity index (χ1) is 18.2. The van der Waals surface area contributed by atoms with Gasteiger partial charge in [-0.3, -0.25) is 18.6 Å². The molecule has 2 N–H and O–H groups in total. The lowest BCUT2D eigenvalue weighted by atomic mass is 10.1. The monoisotopic (exact) mass is 544 g/mol. The topological polar surface area (TPSA) is 172 Å². The lowest BCUT2D eigenvalue weighted by Crippen LogP contribution is -2.38. The maximum absolute atomic E-state index is 13.8. The van der Waals surface area contributed by atoms with E-state index in [-0.39, 0.29) is 32.6 Å². The van der Waals surface area contributed by atoms with Crippen molar-refractivity contribution in [3.05, 3.63) is 54.2 Å². The van der Waals surface area contributed by atoms with Gasteiger partial charge in [0.1, 0.15) is 17.9 Å². The van der Waals surface area contributed by atoms with Crippen LogP contribution in [0.4, 0.5) is 0 Å². The number of Topliss-reactive ketones (excluding diaryl/α,β-unsaturated/α-hetero) is 1. The van der Waals surface area contributed by atoms with E-state index in [0.29, 0.717) is 11.2 Å². The Labute approximate surface area is 219 Å². The van der Waals surface area contributed by atoms with Crippen LogP contribution in [-0.4, -0.2) is 61.0 Å². The molecule has 14 heteroatoms. The van der Waals surface area contributed by atoms with Crippen molar-refractivity contribution in [2.24, 2.45) is 0 Å². The molecule has 0 fully saturated rings. The Morgan fingerprint density at radius 1 is 1.18 bits per heavy atom. The molecule has 0 saturated heterocycles. The SMILES string of the molecule is Cc1ncnc2c1ncn2CCOP(=O)(N[C@@H](CCC(=O)C=[N+]=N)C(=O)OC(C)C)OCc1ccccc1. The first kappa shape index (κ1) is 29.0. The normalized spacial score (nSPS) is 13.6. The Morgan fingerprint density at radius 2 is 1.95 bits per heavy atom. The molecule has 202 valence electrons. The standard InChI is InChI=1S/C24H31N7O6P/c1-17(2)37-24(33)21(10-9-20(32)13-29-25)30-38(34,36-14-19-7-5-4-6-8-19)35-12-11-31-16-28-22-18(3)26-15-27-23(22)31/h4-8,13,15-17,21,25H,9-12,14H2,1-3H3,(H,30,34)/q+1/t21-,38?/m0/s1. The summed E-state index contributed by atoms with van der Waals surface area (Å²) in [6.07, 6.45) is 3.22. The van der Waals surface area contributed by atoms with E-state index in [1.807, 2.05) is 25.1 Å². The van der Waals surface area contributed by atoms with Crippen LogP contribution in [0.1, 0.15) is 37.9 Å². The second-order valence-electron chi connectivity index (χ2n) is 8.59. The summed E-state index contributed by atoms with van der Waals surface area (Å²) in [5, 5.41) is 2.67. The lowest BCUT2D eigenvalue weighted by molar-refractivity contribution is -0.149. The summed E-state index contributed by atoms with van der Waals surface area (Å²) in [6, 6.07) is 7.89. The molecule has 0 saturated carbocycles.